The van der Waals surface area contributed by atoms with Gasteiger partial charge in [-0.25, -0.2) is 8.42 Å². The molecule has 0 aliphatic carbocycles. The number of nitrogens with zero attached hydrogens (tertiary/aromatic N) is 1. The molecule has 1 fully saturated rings. The lowest BCUT2D eigenvalue weighted by Crippen LogP contribution is -2.58. The van der Waals surface area contributed by atoms with E-state index in [1.807, 2.05) is 18.2 Å². The van der Waals surface area contributed by atoms with Gasteiger partial charge in [0, 0.05) is 19.3 Å². The van der Waals surface area contributed by atoms with Crippen molar-refractivity contribution >= 4 is 21.7 Å². The molecule has 0 saturated carbocycles. The van der Waals surface area contributed by atoms with Crippen molar-refractivity contribution in [1.82, 2.24) is 15.5 Å². The molecule has 26 heavy (non-hydrogen) atoms. The molecule has 0 spiro atoms. The van der Waals surface area contributed by atoms with Crippen LogP contribution in [0.4, 0.5) is 0 Å². The van der Waals surface area contributed by atoms with Crippen molar-refractivity contribution in [3.8, 4) is 0 Å². The largest absolute Gasteiger partial charge is 0.346 e. The zero-order valence-corrected chi connectivity index (χ0v) is 15.8. The summed E-state index contributed by atoms with van der Waals surface area (Å²) in [4.78, 5) is 26.9. The summed E-state index contributed by atoms with van der Waals surface area (Å²) in [6.45, 7) is 1.89. The number of nitrogens with one attached hydrogen (secondary N) is 2. The second-order valence-electron chi connectivity index (χ2n) is 7.03. The van der Waals surface area contributed by atoms with Gasteiger partial charge in [-0.05, 0) is 43.5 Å². The van der Waals surface area contributed by atoms with Gasteiger partial charge in [-0.15, -0.1) is 0 Å². The van der Waals surface area contributed by atoms with Crippen LogP contribution in [-0.4, -0.2) is 62.3 Å². The molecule has 8 heteroatoms. The van der Waals surface area contributed by atoms with E-state index in [2.05, 4.69) is 16.7 Å². The third-order valence-electron chi connectivity index (χ3n) is 5.42. The first-order valence-corrected chi connectivity index (χ1v) is 10.8. The summed E-state index contributed by atoms with van der Waals surface area (Å²) in [6, 6.07) is 7.99. The van der Waals surface area contributed by atoms with Gasteiger partial charge in [0.25, 0.3) is 0 Å². The van der Waals surface area contributed by atoms with E-state index in [0.29, 0.717) is 26.2 Å². The normalized spacial score (nSPS) is 19.5. The van der Waals surface area contributed by atoms with Crippen molar-refractivity contribution in [3.63, 3.8) is 0 Å². The van der Waals surface area contributed by atoms with Gasteiger partial charge in [-0.1, -0.05) is 24.3 Å². The van der Waals surface area contributed by atoms with Gasteiger partial charge in [0.05, 0.1) is 6.54 Å². The topological polar surface area (TPSA) is 95.6 Å². The number of hydrogen-bond donors (Lipinski definition) is 2. The molecule has 0 unspecified atom stereocenters. The average molecular weight is 379 g/mol. The number of rotatable bonds is 4. The molecule has 1 aromatic rings. The Kier molecular flexibility index (Phi) is 5.34. The number of sulfone groups is 1. The maximum absolute atomic E-state index is 12.7. The zero-order valence-electron chi connectivity index (χ0n) is 15.0. The molecule has 0 atom stereocenters. The van der Waals surface area contributed by atoms with Crippen LogP contribution in [0.25, 0.3) is 0 Å². The van der Waals surface area contributed by atoms with Gasteiger partial charge in [0.1, 0.15) is 0 Å². The Balaban J connectivity index is 1.63. The van der Waals surface area contributed by atoms with Crippen molar-refractivity contribution < 1.29 is 18.0 Å². The Morgan fingerprint density at radius 3 is 2.50 bits per heavy atom. The van der Waals surface area contributed by atoms with Gasteiger partial charge in [-0.2, -0.15) is 0 Å². The van der Waals surface area contributed by atoms with Crippen LogP contribution in [0.3, 0.4) is 0 Å². The van der Waals surface area contributed by atoms with E-state index in [1.165, 1.54) is 5.56 Å². The number of benzene rings is 1. The molecule has 142 valence electrons. The van der Waals surface area contributed by atoms with E-state index in [1.54, 1.807) is 4.90 Å². The first-order valence-electron chi connectivity index (χ1n) is 8.87. The third-order valence-corrected chi connectivity index (χ3v) is 7.43. The highest BCUT2D eigenvalue weighted by molar-refractivity contribution is 7.92. The molecular formula is C18H25N3O4S. The number of amides is 2. The molecule has 0 radical (unpaired) electrons. The number of piperidine rings is 1. The van der Waals surface area contributed by atoms with Crippen molar-refractivity contribution in [2.45, 2.75) is 30.6 Å². The summed E-state index contributed by atoms with van der Waals surface area (Å²) >= 11 is 0. The SMILES string of the molecule is CS(=O)(=O)C1(C(=O)NCC(=O)N2CCc3ccccc3C2)CCNCC1. The molecular weight excluding hydrogens is 354 g/mol. The van der Waals surface area contributed by atoms with E-state index < -0.39 is 20.5 Å². The Morgan fingerprint density at radius 1 is 1.19 bits per heavy atom. The minimum atomic E-state index is -3.58. The number of fused-ring (bicyclic) bond motifs is 1. The second-order valence-corrected chi connectivity index (χ2v) is 9.36. The third kappa shape index (κ3) is 3.61. The number of carbonyl (C=O) groups excluding carboxylic acids is 2. The van der Waals surface area contributed by atoms with Crippen LogP contribution in [-0.2, 0) is 32.4 Å². The summed E-state index contributed by atoms with van der Waals surface area (Å²) < 4.78 is 23.1. The molecule has 2 N–H and O–H groups in total. The minimum absolute atomic E-state index is 0.175. The summed E-state index contributed by atoms with van der Waals surface area (Å²) in [5.74, 6) is -0.752. The fourth-order valence-electron chi connectivity index (χ4n) is 3.73. The van der Waals surface area contributed by atoms with Crippen molar-refractivity contribution in [1.29, 1.82) is 0 Å². The molecule has 1 saturated heterocycles. The van der Waals surface area contributed by atoms with Crippen LogP contribution in [0.5, 0.6) is 0 Å². The average Bonchev–Trinajstić information content (AvgIpc) is 2.65. The molecule has 2 amide bonds. The summed E-state index contributed by atoms with van der Waals surface area (Å²) in [5.41, 5.74) is 2.36. The minimum Gasteiger partial charge on any atom is -0.346 e. The van der Waals surface area contributed by atoms with E-state index >= 15 is 0 Å². The van der Waals surface area contributed by atoms with Gasteiger partial charge in [0.2, 0.25) is 11.8 Å². The summed E-state index contributed by atoms with van der Waals surface area (Å²) in [7, 11) is -3.58. The van der Waals surface area contributed by atoms with Gasteiger partial charge in [0.15, 0.2) is 14.6 Å². The van der Waals surface area contributed by atoms with E-state index in [4.69, 9.17) is 0 Å². The molecule has 7 nitrogen and oxygen atoms in total. The van der Waals surface area contributed by atoms with Crippen molar-refractivity contribution in [2.75, 3.05) is 32.4 Å². The molecule has 2 heterocycles. The quantitative estimate of drug-likeness (QED) is 0.759. The predicted molar refractivity (Wildman–Crippen MR) is 98.3 cm³/mol. The number of hydrogen-bond acceptors (Lipinski definition) is 5. The van der Waals surface area contributed by atoms with E-state index in [0.717, 1.165) is 18.2 Å². The van der Waals surface area contributed by atoms with Crippen molar-refractivity contribution in [3.05, 3.63) is 35.4 Å². The fourth-order valence-corrected chi connectivity index (χ4v) is 5.09. The highest BCUT2D eigenvalue weighted by atomic mass is 32.2. The monoisotopic (exact) mass is 379 g/mol. The lowest BCUT2D eigenvalue weighted by molar-refractivity contribution is -0.134. The van der Waals surface area contributed by atoms with Crippen LogP contribution in [0, 0.1) is 0 Å². The Morgan fingerprint density at radius 2 is 1.85 bits per heavy atom. The second kappa shape index (κ2) is 7.36. The Labute approximate surface area is 154 Å². The molecule has 1 aromatic carbocycles. The molecule has 0 aromatic heterocycles. The predicted octanol–water partition coefficient (Wildman–Crippen LogP) is -0.146. The zero-order chi connectivity index (χ0) is 18.8. The lowest BCUT2D eigenvalue weighted by Gasteiger charge is -2.34. The van der Waals surface area contributed by atoms with Crippen LogP contribution in [0.1, 0.15) is 24.0 Å². The maximum atomic E-state index is 12.7. The highest BCUT2D eigenvalue weighted by Crippen LogP contribution is 2.28. The van der Waals surface area contributed by atoms with Crippen LogP contribution in [0.2, 0.25) is 0 Å². The van der Waals surface area contributed by atoms with Gasteiger partial charge in [-0.3, -0.25) is 9.59 Å². The summed E-state index contributed by atoms with van der Waals surface area (Å²) in [6.07, 6.45) is 2.34. The van der Waals surface area contributed by atoms with E-state index in [9.17, 15) is 18.0 Å². The Bertz CT molecular complexity index is 800. The molecule has 2 aliphatic rings. The van der Waals surface area contributed by atoms with Gasteiger partial charge >= 0.3 is 0 Å². The molecule has 3 rings (SSSR count). The van der Waals surface area contributed by atoms with Crippen LogP contribution >= 0.6 is 0 Å². The fraction of sp³-hybridized carbons (Fsp3) is 0.556. The van der Waals surface area contributed by atoms with Gasteiger partial charge < -0.3 is 15.5 Å². The molecule has 0 bridgehead atoms. The maximum Gasteiger partial charge on any atom is 0.242 e. The van der Waals surface area contributed by atoms with Crippen LogP contribution < -0.4 is 10.6 Å². The first kappa shape index (κ1) is 18.8. The smallest absolute Gasteiger partial charge is 0.242 e. The van der Waals surface area contributed by atoms with Crippen LogP contribution in [0.15, 0.2) is 24.3 Å². The summed E-state index contributed by atoms with van der Waals surface area (Å²) in [5, 5.41) is 5.66. The molecule has 2 aliphatic heterocycles. The first-order chi connectivity index (χ1) is 12.3. The Hall–Kier alpha value is -1.93. The lowest BCUT2D eigenvalue weighted by atomic mass is 9.96. The van der Waals surface area contributed by atoms with E-state index in [-0.39, 0.29) is 25.3 Å². The highest BCUT2D eigenvalue weighted by Gasteiger charge is 2.48. The standard InChI is InChI=1S/C18H25N3O4S/c1-26(24,25)18(7-9-19-10-8-18)17(23)20-12-16(22)21-11-6-14-4-2-3-5-15(14)13-21/h2-5,19H,6-13H2,1H3,(H,20,23). The number of carbonyl (C=O) groups is 2. The van der Waals surface area contributed by atoms with Crippen molar-refractivity contribution in [2.24, 2.45) is 0 Å².